The zero-order chi connectivity index (χ0) is 14.9. The molecule has 0 saturated carbocycles. The standard InChI is InChI=1S/C14H19N3O3/c1-8(2)20-11-7-5-6-10-12(11)16-14(15)17(10)9(3)13(18)19-4/h5-9H,1-4H3,(H2,15,16). The Morgan fingerprint density at radius 1 is 1.35 bits per heavy atom. The average Bonchev–Trinajstić information content (AvgIpc) is 2.73. The Morgan fingerprint density at radius 2 is 2.05 bits per heavy atom. The summed E-state index contributed by atoms with van der Waals surface area (Å²) in [6.45, 7) is 5.60. The molecule has 2 aromatic rings. The Labute approximate surface area is 117 Å². The molecule has 0 fully saturated rings. The van der Waals surface area contributed by atoms with Crippen molar-refractivity contribution in [3.05, 3.63) is 18.2 Å². The van der Waals surface area contributed by atoms with Gasteiger partial charge in [0.1, 0.15) is 17.3 Å². The molecule has 0 aliphatic rings. The summed E-state index contributed by atoms with van der Waals surface area (Å²) < 4.78 is 12.1. The lowest BCUT2D eigenvalue weighted by molar-refractivity contribution is -0.143. The number of fused-ring (bicyclic) bond motifs is 1. The van der Waals surface area contributed by atoms with E-state index in [0.29, 0.717) is 11.3 Å². The van der Waals surface area contributed by atoms with Crippen LogP contribution in [0.15, 0.2) is 18.2 Å². The molecule has 1 atom stereocenters. The van der Waals surface area contributed by atoms with Crippen LogP contribution in [-0.2, 0) is 9.53 Å². The van der Waals surface area contributed by atoms with Gasteiger partial charge in [-0.2, -0.15) is 0 Å². The van der Waals surface area contributed by atoms with Crippen LogP contribution in [0.1, 0.15) is 26.8 Å². The summed E-state index contributed by atoms with van der Waals surface area (Å²) in [6, 6.07) is 4.99. The summed E-state index contributed by atoms with van der Waals surface area (Å²) in [6.07, 6.45) is 0.0324. The molecular weight excluding hydrogens is 258 g/mol. The van der Waals surface area contributed by atoms with Crippen molar-refractivity contribution in [2.75, 3.05) is 12.8 Å². The number of para-hydroxylation sites is 1. The molecule has 1 unspecified atom stereocenters. The molecule has 2 rings (SSSR count). The van der Waals surface area contributed by atoms with Gasteiger partial charge in [0.2, 0.25) is 5.95 Å². The maximum Gasteiger partial charge on any atom is 0.328 e. The molecule has 6 heteroatoms. The molecule has 0 bridgehead atoms. The predicted octanol–water partition coefficient (Wildman–Crippen LogP) is 2.14. The topological polar surface area (TPSA) is 79.4 Å². The van der Waals surface area contributed by atoms with Gasteiger partial charge in [0.25, 0.3) is 0 Å². The molecule has 6 nitrogen and oxygen atoms in total. The number of esters is 1. The maximum atomic E-state index is 11.7. The van der Waals surface area contributed by atoms with Crippen molar-refractivity contribution in [1.82, 2.24) is 9.55 Å². The van der Waals surface area contributed by atoms with Crippen molar-refractivity contribution in [2.24, 2.45) is 0 Å². The second kappa shape index (κ2) is 5.40. The number of carbonyl (C=O) groups excluding carboxylic acids is 1. The highest BCUT2D eigenvalue weighted by Crippen LogP contribution is 2.30. The van der Waals surface area contributed by atoms with Crippen LogP contribution >= 0.6 is 0 Å². The monoisotopic (exact) mass is 277 g/mol. The van der Waals surface area contributed by atoms with E-state index in [1.807, 2.05) is 32.0 Å². The number of nitrogens with zero attached hydrogens (tertiary/aromatic N) is 2. The minimum atomic E-state index is -0.542. The number of anilines is 1. The largest absolute Gasteiger partial charge is 0.489 e. The number of carbonyl (C=O) groups is 1. The zero-order valence-corrected chi connectivity index (χ0v) is 12.1. The third-order valence-electron chi connectivity index (χ3n) is 3.00. The molecular formula is C14H19N3O3. The molecule has 0 saturated heterocycles. The molecule has 108 valence electrons. The fourth-order valence-electron chi connectivity index (χ4n) is 2.14. The van der Waals surface area contributed by atoms with E-state index < -0.39 is 6.04 Å². The summed E-state index contributed by atoms with van der Waals surface area (Å²) in [5.74, 6) is 0.545. The minimum absolute atomic E-state index is 0.0324. The van der Waals surface area contributed by atoms with Crippen molar-refractivity contribution >= 4 is 23.0 Å². The summed E-state index contributed by atoms with van der Waals surface area (Å²) in [4.78, 5) is 16.0. The van der Waals surface area contributed by atoms with Gasteiger partial charge in [0, 0.05) is 0 Å². The Bertz CT molecular complexity index is 634. The number of hydrogen-bond acceptors (Lipinski definition) is 5. The van der Waals surface area contributed by atoms with E-state index in [4.69, 9.17) is 15.2 Å². The normalized spacial score (nSPS) is 12.7. The van der Waals surface area contributed by atoms with Gasteiger partial charge in [-0.25, -0.2) is 9.78 Å². The highest BCUT2D eigenvalue weighted by atomic mass is 16.5. The van der Waals surface area contributed by atoms with E-state index in [1.165, 1.54) is 7.11 Å². The summed E-state index contributed by atoms with van der Waals surface area (Å²) >= 11 is 0. The number of ether oxygens (including phenoxy) is 2. The second-order valence-corrected chi connectivity index (χ2v) is 4.83. The Kier molecular flexibility index (Phi) is 3.83. The third-order valence-corrected chi connectivity index (χ3v) is 3.00. The lowest BCUT2D eigenvalue weighted by Gasteiger charge is -2.14. The fourth-order valence-corrected chi connectivity index (χ4v) is 2.14. The summed E-state index contributed by atoms with van der Waals surface area (Å²) in [5, 5.41) is 0. The van der Waals surface area contributed by atoms with Crippen LogP contribution in [0.4, 0.5) is 5.95 Å². The third kappa shape index (κ3) is 2.41. The lowest BCUT2D eigenvalue weighted by atomic mass is 10.2. The molecule has 20 heavy (non-hydrogen) atoms. The van der Waals surface area contributed by atoms with Crippen LogP contribution in [0.25, 0.3) is 11.0 Å². The fraction of sp³-hybridized carbons (Fsp3) is 0.429. The molecule has 0 radical (unpaired) electrons. The van der Waals surface area contributed by atoms with Gasteiger partial charge in [0.05, 0.1) is 18.7 Å². The first-order chi connectivity index (χ1) is 9.45. The van der Waals surface area contributed by atoms with Crippen molar-refractivity contribution in [3.8, 4) is 5.75 Å². The Morgan fingerprint density at radius 3 is 2.65 bits per heavy atom. The predicted molar refractivity (Wildman–Crippen MR) is 76.6 cm³/mol. The first kappa shape index (κ1) is 14.2. The van der Waals surface area contributed by atoms with Gasteiger partial charge in [0.15, 0.2) is 0 Å². The number of hydrogen-bond donors (Lipinski definition) is 1. The van der Waals surface area contributed by atoms with Gasteiger partial charge < -0.3 is 15.2 Å². The number of imidazole rings is 1. The zero-order valence-electron chi connectivity index (χ0n) is 12.1. The lowest BCUT2D eigenvalue weighted by Crippen LogP contribution is -2.19. The SMILES string of the molecule is COC(=O)C(C)n1c(N)nc2c(OC(C)C)cccc21. The van der Waals surface area contributed by atoms with E-state index in [2.05, 4.69) is 4.98 Å². The first-order valence-corrected chi connectivity index (χ1v) is 6.46. The van der Waals surface area contributed by atoms with Gasteiger partial charge in [-0.3, -0.25) is 4.57 Å². The van der Waals surface area contributed by atoms with Gasteiger partial charge >= 0.3 is 5.97 Å². The van der Waals surface area contributed by atoms with E-state index in [1.54, 1.807) is 11.5 Å². The molecule has 0 spiro atoms. The highest BCUT2D eigenvalue weighted by molar-refractivity contribution is 5.87. The molecule has 2 N–H and O–H groups in total. The average molecular weight is 277 g/mol. The van der Waals surface area contributed by atoms with Crippen LogP contribution < -0.4 is 10.5 Å². The molecule has 1 heterocycles. The van der Waals surface area contributed by atoms with E-state index >= 15 is 0 Å². The number of nitrogens with two attached hydrogens (primary N) is 1. The van der Waals surface area contributed by atoms with Crippen LogP contribution in [0.3, 0.4) is 0 Å². The molecule has 1 aromatic carbocycles. The Balaban J connectivity index is 2.57. The second-order valence-electron chi connectivity index (χ2n) is 4.83. The highest BCUT2D eigenvalue weighted by Gasteiger charge is 2.22. The Hall–Kier alpha value is -2.24. The summed E-state index contributed by atoms with van der Waals surface area (Å²) in [7, 11) is 1.35. The van der Waals surface area contributed by atoms with Crippen molar-refractivity contribution in [1.29, 1.82) is 0 Å². The first-order valence-electron chi connectivity index (χ1n) is 6.46. The van der Waals surface area contributed by atoms with Crippen LogP contribution in [-0.4, -0.2) is 28.7 Å². The minimum Gasteiger partial charge on any atom is -0.489 e. The smallest absolute Gasteiger partial charge is 0.328 e. The van der Waals surface area contributed by atoms with Crippen molar-refractivity contribution < 1.29 is 14.3 Å². The van der Waals surface area contributed by atoms with Crippen LogP contribution in [0.5, 0.6) is 5.75 Å². The van der Waals surface area contributed by atoms with E-state index in [9.17, 15) is 4.79 Å². The quantitative estimate of drug-likeness (QED) is 0.866. The van der Waals surface area contributed by atoms with E-state index in [0.717, 1.165) is 5.52 Å². The molecule has 0 aliphatic carbocycles. The number of benzene rings is 1. The van der Waals surface area contributed by atoms with Gasteiger partial charge in [-0.05, 0) is 32.9 Å². The van der Waals surface area contributed by atoms with Gasteiger partial charge in [-0.15, -0.1) is 0 Å². The number of rotatable bonds is 4. The number of nitrogen functional groups attached to an aromatic ring is 1. The molecule has 0 amide bonds. The van der Waals surface area contributed by atoms with Crippen LogP contribution in [0.2, 0.25) is 0 Å². The van der Waals surface area contributed by atoms with Crippen LogP contribution in [0, 0.1) is 0 Å². The molecule has 0 aliphatic heterocycles. The number of aromatic nitrogens is 2. The van der Waals surface area contributed by atoms with Crippen molar-refractivity contribution in [2.45, 2.75) is 32.9 Å². The summed E-state index contributed by atoms with van der Waals surface area (Å²) in [5.41, 5.74) is 7.33. The number of methoxy groups -OCH3 is 1. The maximum absolute atomic E-state index is 11.7. The van der Waals surface area contributed by atoms with Gasteiger partial charge in [-0.1, -0.05) is 6.07 Å². The van der Waals surface area contributed by atoms with Crippen molar-refractivity contribution in [3.63, 3.8) is 0 Å². The van der Waals surface area contributed by atoms with E-state index in [-0.39, 0.29) is 18.0 Å². The molecule has 1 aromatic heterocycles.